The first-order valence-corrected chi connectivity index (χ1v) is 9.92. The third-order valence-electron chi connectivity index (χ3n) is 4.84. The molecule has 0 amide bonds. The standard InChI is InChI=1S/C24H16Cl2FNO2/c25-17-5-1-15(2-6-17)13-23-21(24(29)30)14-22(16-3-9-19(27)10-4-16)28(23)20-11-7-18(26)8-12-20/h1-12,14H,13H2,(H,29,30). The first kappa shape index (κ1) is 20.2. The molecule has 0 fully saturated rings. The highest BCUT2D eigenvalue weighted by molar-refractivity contribution is 6.30. The van der Waals surface area contributed by atoms with E-state index in [1.165, 1.54) is 12.1 Å². The Morgan fingerprint density at radius 2 is 1.43 bits per heavy atom. The van der Waals surface area contributed by atoms with Crippen molar-refractivity contribution < 1.29 is 14.3 Å². The highest BCUT2D eigenvalue weighted by Gasteiger charge is 2.22. The number of aromatic carboxylic acids is 1. The van der Waals surface area contributed by atoms with Gasteiger partial charge in [-0.25, -0.2) is 9.18 Å². The molecule has 1 heterocycles. The molecule has 6 heteroatoms. The van der Waals surface area contributed by atoms with E-state index in [9.17, 15) is 14.3 Å². The van der Waals surface area contributed by atoms with E-state index < -0.39 is 5.97 Å². The van der Waals surface area contributed by atoms with Crippen LogP contribution in [0.5, 0.6) is 0 Å². The van der Waals surface area contributed by atoms with Gasteiger partial charge in [0.2, 0.25) is 0 Å². The molecular formula is C24H16Cl2FNO2. The van der Waals surface area contributed by atoms with Gasteiger partial charge in [0.25, 0.3) is 0 Å². The second-order valence-electron chi connectivity index (χ2n) is 6.82. The fourth-order valence-electron chi connectivity index (χ4n) is 3.42. The number of nitrogens with zero attached hydrogens (tertiary/aromatic N) is 1. The SMILES string of the molecule is O=C(O)c1cc(-c2ccc(F)cc2)n(-c2ccc(Cl)cc2)c1Cc1ccc(Cl)cc1. The molecule has 0 aliphatic carbocycles. The van der Waals surface area contributed by atoms with Crippen LogP contribution in [0.1, 0.15) is 21.6 Å². The monoisotopic (exact) mass is 439 g/mol. The lowest BCUT2D eigenvalue weighted by Crippen LogP contribution is -2.07. The van der Waals surface area contributed by atoms with Crippen molar-refractivity contribution in [1.82, 2.24) is 4.57 Å². The number of rotatable bonds is 5. The summed E-state index contributed by atoms with van der Waals surface area (Å²) >= 11 is 12.0. The molecular weight excluding hydrogens is 424 g/mol. The van der Waals surface area contributed by atoms with Gasteiger partial charge in [-0.15, -0.1) is 0 Å². The van der Waals surface area contributed by atoms with E-state index in [-0.39, 0.29) is 11.4 Å². The lowest BCUT2D eigenvalue weighted by molar-refractivity contribution is 0.0696. The highest BCUT2D eigenvalue weighted by Crippen LogP contribution is 2.32. The van der Waals surface area contributed by atoms with Gasteiger partial charge in [0.05, 0.1) is 11.3 Å². The number of halogens is 3. The molecule has 4 aromatic rings. The molecule has 0 saturated carbocycles. The van der Waals surface area contributed by atoms with Crippen molar-refractivity contribution >= 4 is 29.2 Å². The molecule has 0 aliphatic rings. The number of hydrogen-bond donors (Lipinski definition) is 1. The molecule has 1 N–H and O–H groups in total. The smallest absolute Gasteiger partial charge is 0.337 e. The van der Waals surface area contributed by atoms with Crippen molar-refractivity contribution in [2.75, 3.05) is 0 Å². The maximum Gasteiger partial charge on any atom is 0.337 e. The molecule has 0 unspecified atom stereocenters. The summed E-state index contributed by atoms with van der Waals surface area (Å²) in [6.45, 7) is 0. The minimum Gasteiger partial charge on any atom is -0.478 e. The Labute approximate surface area is 182 Å². The van der Waals surface area contributed by atoms with Crippen molar-refractivity contribution in [3.63, 3.8) is 0 Å². The van der Waals surface area contributed by atoms with Gasteiger partial charge in [-0.1, -0.05) is 35.3 Å². The molecule has 0 atom stereocenters. The Kier molecular flexibility index (Phi) is 5.62. The molecule has 0 radical (unpaired) electrons. The van der Waals surface area contributed by atoms with Crippen LogP contribution in [0, 0.1) is 5.82 Å². The number of aromatic nitrogens is 1. The van der Waals surface area contributed by atoms with Crippen LogP contribution in [0.2, 0.25) is 10.0 Å². The predicted molar refractivity (Wildman–Crippen MR) is 117 cm³/mol. The summed E-state index contributed by atoms with van der Waals surface area (Å²) in [5.74, 6) is -1.39. The van der Waals surface area contributed by atoms with Crippen molar-refractivity contribution in [3.8, 4) is 16.9 Å². The molecule has 0 aliphatic heterocycles. The van der Waals surface area contributed by atoms with Crippen molar-refractivity contribution in [2.24, 2.45) is 0 Å². The molecule has 3 aromatic carbocycles. The second kappa shape index (κ2) is 8.34. The molecule has 1 aromatic heterocycles. The van der Waals surface area contributed by atoms with Gasteiger partial charge in [-0.2, -0.15) is 0 Å². The van der Waals surface area contributed by atoms with Gasteiger partial charge in [0.15, 0.2) is 0 Å². The van der Waals surface area contributed by atoms with Gasteiger partial charge in [0, 0.05) is 27.8 Å². The normalized spacial score (nSPS) is 10.9. The van der Waals surface area contributed by atoms with Crippen LogP contribution in [0.25, 0.3) is 16.9 Å². The van der Waals surface area contributed by atoms with Crippen LogP contribution < -0.4 is 0 Å². The number of benzene rings is 3. The van der Waals surface area contributed by atoms with Crippen molar-refractivity contribution in [2.45, 2.75) is 6.42 Å². The van der Waals surface area contributed by atoms with Gasteiger partial charge in [-0.05, 0) is 77.9 Å². The minimum atomic E-state index is -1.03. The van der Waals surface area contributed by atoms with E-state index in [0.29, 0.717) is 33.4 Å². The first-order valence-electron chi connectivity index (χ1n) is 9.16. The summed E-state index contributed by atoms with van der Waals surface area (Å²) in [4.78, 5) is 12.1. The van der Waals surface area contributed by atoms with E-state index in [1.54, 1.807) is 42.5 Å². The van der Waals surface area contributed by atoms with Crippen molar-refractivity contribution in [3.05, 3.63) is 112 Å². The van der Waals surface area contributed by atoms with Crippen LogP contribution in [0.3, 0.4) is 0 Å². The third kappa shape index (κ3) is 4.11. The molecule has 150 valence electrons. The third-order valence-corrected chi connectivity index (χ3v) is 5.35. The fourth-order valence-corrected chi connectivity index (χ4v) is 3.68. The number of hydrogen-bond acceptors (Lipinski definition) is 1. The van der Waals surface area contributed by atoms with Gasteiger partial charge >= 0.3 is 5.97 Å². The van der Waals surface area contributed by atoms with Crippen LogP contribution >= 0.6 is 23.2 Å². The number of carboxylic acid groups (broad SMARTS) is 1. The fraction of sp³-hybridized carbons (Fsp3) is 0.0417. The van der Waals surface area contributed by atoms with E-state index >= 15 is 0 Å². The van der Waals surface area contributed by atoms with Gasteiger partial charge < -0.3 is 9.67 Å². The minimum absolute atomic E-state index is 0.180. The average molecular weight is 440 g/mol. The van der Waals surface area contributed by atoms with E-state index in [1.807, 2.05) is 28.8 Å². The molecule has 30 heavy (non-hydrogen) atoms. The zero-order valence-electron chi connectivity index (χ0n) is 15.6. The topological polar surface area (TPSA) is 42.2 Å². The summed E-state index contributed by atoms with van der Waals surface area (Å²) < 4.78 is 15.4. The molecule has 3 nitrogen and oxygen atoms in total. The highest BCUT2D eigenvalue weighted by atomic mass is 35.5. The van der Waals surface area contributed by atoms with E-state index in [0.717, 1.165) is 11.3 Å². The van der Waals surface area contributed by atoms with E-state index in [4.69, 9.17) is 23.2 Å². The molecule has 0 spiro atoms. The summed E-state index contributed by atoms with van der Waals surface area (Å²) in [7, 11) is 0. The lowest BCUT2D eigenvalue weighted by Gasteiger charge is -2.15. The summed E-state index contributed by atoms with van der Waals surface area (Å²) in [5.41, 5.74) is 3.82. The Hall–Kier alpha value is -3.08. The number of carbonyl (C=O) groups is 1. The summed E-state index contributed by atoms with van der Waals surface area (Å²) in [6.07, 6.45) is 0.378. The Morgan fingerprint density at radius 1 is 0.867 bits per heavy atom. The van der Waals surface area contributed by atoms with Crippen LogP contribution in [0.4, 0.5) is 4.39 Å². The predicted octanol–water partition coefficient (Wildman–Crippen LogP) is 6.88. The number of carboxylic acids is 1. The molecule has 0 saturated heterocycles. The summed E-state index contributed by atoms with van der Waals surface area (Å²) in [6, 6.07) is 22.0. The Bertz CT molecular complexity index is 1200. The average Bonchev–Trinajstić information content (AvgIpc) is 3.10. The van der Waals surface area contributed by atoms with Crippen LogP contribution in [0.15, 0.2) is 78.9 Å². The van der Waals surface area contributed by atoms with E-state index in [2.05, 4.69) is 0 Å². The second-order valence-corrected chi connectivity index (χ2v) is 7.69. The maximum absolute atomic E-state index is 13.5. The molecule has 0 bridgehead atoms. The lowest BCUT2D eigenvalue weighted by atomic mass is 10.1. The quantitative estimate of drug-likeness (QED) is 0.368. The molecule has 4 rings (SSSR count). The van der Waals surface area contributed by atoms with Crippen molar-refractivity contribution in [1.29, 1.82) is 0 Å². The van der Waals surface area contributed by atoms with Crippen LogP contribution in [-0.4, -0.2) is 15.6 Å². The largest absolute Gasteiger partial charge is 0.478 e. The Morgan fingerprint density at radius 3 is 2.00 bits per heavy atom. The van der Waals surface area contributed by atoms with Gasteiger partial charge in [-0.3, -0.25) is 0 Å². The first-order chi connectivity index (χ1) is 14.4. The summed E-state index contributed by atoms with van der Waals surface area (Å²) in [5, 5.41) is 11.1. The Balaban J connectivity index is 1.95. The maximum atomic E-state index is 13.5. The zero-order chi connectivity index (χ0) is 21.3. The van der Waals surface area contributed by atoms with Gasteiger partial charge in [0.1, 0.15) is 5.82 Å². The van der Waals surface area contributed by atoms with Crippen LogP contribution in [-0.2, 0) is 6.42 Å². The zero-order valence-corrected chi connectivity index (χ0v) is 17.2.